The van der Waals surface area contributed by atoms with E-state index in [1.807, 2.05) is 0 Å². The van der Waals surface area contributed by atoms with Crippen molar-refractivity contribution in [3.05, 3.63) is 35.6 Å². The Morgan fingerprint density at radius 2 is 1.68 bits per heavy atom. The number of carboxylic acid groups (broad SMARTS) is 1. The number of amides is 3. The lowest BCUT2D eigenvalue weighted by Gasteiger charge is -2.34. The zero-order valence-electron chi connectivity index (χ0n) is 17.6. The van der Waals surface area contributed by atoms with Crippen LogP contribution in [0.15, 0.2) is 24.3 Å². The van der Waals surface area contributed by atoms with E-state index in [0.717, 1.165) is 44.2 Å². The van der Waals surface area contributed by atoms with Crippen LogP contribution >= 0.6 is 0 Å². The maximum Gasteiger partial charge on any atom is 0.305 e. The van der Waals surface area contributed by atoms with Crippen molar-refractivity contribution in [1.82, 2.24) is 15.1 Å². The van der Waals surface area contributed by atoms with Gasteiger partial charge in [-0.2, -0.15) is 0 Å². The van der Waals surface area contributed by atoms with Gasteiger partial charge >= 0.3 is 5.97 Å². The van der Waals surface area contributed by atoms with Gasteiger partial charge in [0.25, 0.3) is 11.8 Å². The Bertz CT molecular complexity index is 838. The first-order valence-corrected chi connectivity index (χ1v) is 10.6. The lowest BCUT2D eigenvalue weighted by molar-refractivity contribution is -0.142. The monoisotopic (exact) mass is 433 g/mol. The third-order valence-corrected chi connectivity index (χ3v) is 6.10. The van der Waals surface area contributed by atoms with E-state index in [1.165, 1.54) is 28.9 Å². The molecule has 2 unspecified atom stereocenters. The summed E-state index contributed by atoms with van der Waals surface area (Å²) < 4.78 is 13.2. The predicted octanol–water partition coefficient (Wildman–Crippen LogP) is 2.00. The van der Waals surface area contributed by atoms with Gasteiger partial charge in [0, 0.05) is 31.6 Å². The van der Waals surface area contributed by atoms with Crippen molar-refractivity contribution in [2.75, 3.05) is 13.1 Å². The van der Waals surface area contributed by atoms with Gasteiger partial charge in [-0.3, -0.25) is 19.2 Å². The quantitative estimate of drug-likeness (QED) is 0.714. The summed E-state index contributed by atoms with van der Waals surface area (Å²) in [6.07, 6.45) is 3.33. The van der Waals surface area contributed by atoms with Crippen LogP contribution in [0.4, 0.5) is 4.39 Å². The number of benzene rings is 1. The molecule has 0 aromatic heterocycles. The van der Waals surface area contributed by atoms with Crippen molar-refractivity contribution in [3.63, 3.8) is 0 Å². The van der Waals surface area contributed by atoms with E-state index in [0.29, 0.717) is 0 Å². The molecule has 0 bridgehead atoms. The van der Waals surface area contributed by atoms with Gasteiger partial charge in [0.2, 0.25) is 5.91 Å². The van der Waals surface area contributed by atoms with Crippen molar-refractivity contribution < 1.29 is 28.7 Å². The van der Waals surface area contributed by atoms with Gasteiger partial charge in [-0.05, 0) is 43.0 Å². The Balaban J connectivity index is 1.82. The Kier molecular flexibility index (Phi) is 7.25. The molecule has 8 nitrogen and oxygen atoms in total. The Morgan fingerprint density at radius 1 is 1.06 bits per heavy atom. The van der Waals surface area contributed by atoms with Gasteiger partial charge in [-0.1, -0.05) is 19.3 Å². The van der Waals surface area contributed by atoms with Gasteiger partial charge in [0.05, 0.1) is 6.42 Å². The van der Waals surface area contributed by atoms with Crippen molar-refractivity contribution in [1.29, 1.82) is 0 Å². The number of halogens is 1. The van der Waals surface area contributed by atoms with E-state index < -0.39 is 35.8 Å². The number of hydrogen-bond donors (Lipinski definition) is 2. The van der Waals surface area contributed by atoms with Crippen molar-refractivity contribution in [3.8, 4) is 0 Å². The maximum absolute atomic E-state index is 13.2. The highest BCUT2D eigenvalue weighted by atomic mass is 19.1. The molecule has 2 fully saturated rings. The molecule has 1 saturated carbocycles. The first-order valence-electron chi connectivity index (χ1n) is 10.6. The summed E-state index contributed by atoms with van der Waals surface area (Å²) in [4.78, 5) is 52.4. The summed E-state index contributed by atoms with van der Waals surface area (Å²) >= 11 is 0. The lowest BCUT2D eigenvalue weighted by Crippen LogP contribution is -2.56. The summed E-state index contributed by atoms with van der Waals surface area (Å²) in [6.45, 7) is 1.66. The highest BCUT2D eigenvalue weighted by Crippen LogP contribution is 2.28. The SMILES string of the molecule is CC(=O)N1CCN(C(=O)c2ccc(F)cc2)C1C(=O)NC(CC(=O)O)C1CCCCC1. The normalized spacial score (nSPS) is 20.4. The Hall–Kier alpha value is -2.97. The second-order valence-corrected chi connectivity index (χ2v) is 8.20. The van der Waals surface area contributed by atoms with E-state index in [4.69, 9.17) is 0 Å². The van der Waals surface area contributed by atoms with E-state index in [2.05, 4.69) is 5.32 Å². The number of nitrogens with zero attached hydrogens (tertiary/aromatic N) is 2. The molecule has 1 aliphatic heterocycles. The molecule has 1 aromatic rings. The maximum atomic E-state index is 13.2. The van der Waals surface area contributed by atoms with E-state index in [-0.39, 0.29) is 36.9 Å². The van der Waals surface area contributed by atoms with Crippen LogP contribution in [0, 0.1) is 11.7 Å². The molecule has 3 rings (SSSR count). The number of aliphatic carboxylic acids is 1. The standard InChI is InChI=1S/C22H28FN3O5/c1-14(27)25-11-12-26(22(31)16-7-9-17(23)10-8-16)21(25)20(30)24-18(13-19(28)29)15-5-3-2-4-6-15/h7-10,15,18,21H,2-6,11-13H2,1H3,(H,24,30)(H,28,29). The fourth-order valence-electron chi connectivity index (χ4n) is 4.53. The van der Waals surface area contributed by atoms with Crippen LogP contribution in [0.1, 0.15) is 55.8 Å². The molecule has 0 spiro atoms. The molecule has 3 amide bonds. The average Bonchev–Trinajstić information content (AvgIpc) is 3.19. The third-order valence-electron chi connectivity index (χ3n) is 6.10. The molecule has 2 atom stereocenters. The van der Waals surface area contributed by atoms with Gasteiger partial charge in [-0.15, -0.1) is 0 Å². The first kappa shape index (κ1) is 22.7. The average molecular weight is 433 g/mol. The summed E-state index contributed by atoms with van der Waals surface area (Å²) in [5, 5.41) is 12.2. The van der Waals surface area contributed by atoms with Crippen LogP contribution in [0.5, 0.6) is 0 Å². The van der Waals surface area contributed by atoms with Crippen LogP contribution in [-0.4, -0.2) is 63.9 Å². The molecule has 9 heteroatoms. The van der Waals surface area contributed by atoms with Crippen molar-refractivity contribution >= 4 is 23.7 Å². The molecule has 1 saturated heterocycles. The first-order chi connectivity index (χ1) is 14.8. The minimum atomic E-state index is -1.17. The van der Waals surface area contributed by atoms with Gasteiger partial charge in [-0.25, -0.2) is 4.39 Å². The Labute approximate surface area is 180 Å². The highest BCUT2D eigenvalue weighted by Gasteiger charge is 2.43. The van der Waals surface area contributed by atoms with Crippen LogP contribution in [0.25, 0.3) is 0 Å². The minimum Gasteiger partial charge on any atom is -0.481 e. The van der Waals surface area contributed by atoms with Crippen LogP contribution in [0.2, 0.25) is 0 Å². The third kappa shape index (κ3) is 5.39. The molecule has 1 aromatic carbocycles. The summed E-state index contributed by atoms with van der Waals surface area (Å²) in [5.74, 6) is -2.87. The molecule has 2 aliphatic rings. The van der Waals surface area contributed by atoms with E-state index in [1.54, 1.807) is 0 Å². The number of carbonyl (C=O) groups is 4. The van der Waals surface area contributed by atoms with Crippen LogP contribution < -0.4 is 5.32 Å². The van der Waals surface area contributed by atoms with Crippen LogP contribution in [-0.2, 0) is 14.4 Å². The zero-order chi connectivity index (χ0) is 22.5. The Morgan fingerprint density at radius 3 is 2.26 bits per heavy atom. The number of rotatable bonds is 6. The van der Waals surface area contributed by atoms with Crippen molar-refractivity contribution in [2.24, 2.45) is 5.92 Å². The fourth-order valence-corrected chi connectivity index (χ4v) is 4.53. The van der Waals surface area contributed by atoms with Gasteiger partial charge in [0.1, 0.15) is 5.82 Å². The predicted molar refractivity (Wildman–Crippen MR) is 109 cm³/mol. The number of nitrogens with one attached hydrogen (secondary N) is 1. The summed E-state index contributed by atoms with van der Waals surface area (Å²) in [6, 6.07) is 4.42. The number of carbonyl (C=O) groups excluding carboxylic acids is 3. The molecule has 1 heterocycles. The zero-order valence-corrected chi connectivity index (χ0v) is 17.6. The van der Waals surface area contributed by atoms with Crippen LogP contribution in [0.3, 0.4) is 0 Å². The van der Waals surface area contributed by atoms with E-state index >= 15 is 0 Å². The van der Waals surface area contributed by atoms with E-state index in [9.17, 15) is 28.7 Å². The highest BCUT2D eigenvalue weighted by molar-refractivity contribution is 5.99. The molecule has 31 heavy (non-hydrogen) atoms. The molecular weight excluding hydrogens is 405 g/mol. The number of carboxylic acids is 1. The summed E-state index contributed by atoms with van der Waals surface area (Å²) in [7, 11) is 0. The summed E-state index contributed by atoms with van der Waals surface area (Å²) in [5.41, 5.74) is 0.207. The number of hydrogen-bond acceptors (Lipinski definition) is 4. The van der Waals surface area contributed by atoms with Gasteiger partial charge < -0.3 is 20.2 Å². The smallest absolute Gasteiger partial charge is 0.305 e. The lowest BCUT2D eigenvalue weighted by atomic mass is 9.82. The second-order valence-electron chi connectivity index (χ2n) is 8.20. The molecule has 0 radical (unpaired) electrons. The topological polar surface area (TPSA) is 107 Å². The fraction of sp³-hybridized carbons (Fsp3) is 0.545. The molecule has 168 valence electrons. The van der Waals surface area contributed by atoms with Crippen molar-refractivity contribution in [2.45, 2.75) is 57.7 Å². The largest absolute Gasteiger partial charge is 0.481 e. The molecule has 1 aliphatic carbocycles. The second kappa shape index (κ2) is 9.89. The molecular formula is C22H28FN3O5. The minimum absolute atomic E-state index is 0.0437. The molecule has 2 N–H and O–H groups in total. The van der Waals surface area contributed by atoms with Gasteiger partial charge in [0.15, 0.2) is 6.17 Å².